The van der Waals surface area contributed by atoms with Gasteiger partial charge in [0, 0.05) is 26.2 Å². The Kier molecular flexibility index (Phi) is 8.22. The van der Waals surface area contributed by atoms with Crippen molar-refractivity contribution in [3.63, 3.8) is 0 Å². The van der Waals surface area contributed by atoms with Crippen LogP contribution in [-0.4, -0.2) is 56.7 Å². The summed E-state index contributed by atoms with van der Waals surface area (Å²) in [6.07, 6.45) is -1.15. The number of hydrogen-bond acceptors (Lipinski definition) is 3. The first-order chi connectivity index (χ1) is 12.9. The van der Waals surface area contributed by atoms with Gasteiger partial charge in [0.05, 0.1) is 12.1 Å². The largest absolute Gasteiger partial charge is 0.491 e. The molecular formula is C19H29F3N4O. The molecule has 0 amide bonds. The average Bonchev–Trinajstić information content (AvgIpc) is 2.65. The standard InChI is InChI=1S/C19H29F3N4O/c1-3-11-26-12-8-15(9-13-26)25-18(23-2)24-10-14-27-17-7-5-4-6-16(17)19(20,21)22/h4-7,15H,3,8-14H2,1-2H3,(H2,23,24,25). The minimum absolute atomic E-state index is 0.114. The Morgan fingerprint density at radius 3 is 2.59 bits per heavy atom. The van der Waals surface area contributed by atoms with Gasteiger partial charge in [0.1, 0.15) is 12.4 Å². The molecular weight excluding hydrogens is 357 g/mol. The van der Waals surface area contributed by atoms with Crippen LogP contribution in [0.4, 0.5) is 13.2 Å². The van der Waals surface area contributed by atoms with E-state index in [9.17, 15) is 13.2 Å². The maximum absolute atomic E-state index is 12.9. The van der Waals surface area contributed by atoms with Crippen LogP contribution < -0.4 is 15.4 Å². The summed E-state index contributed by atoms with van der Waals surface area (Å²) >= 11 is 0. The van der Waals surface area contributed by atoms with Gasteiger partial charge < -0.3 is 20.3 Å². The molecule has 1 aliphatic heterocycles. The Balaban J connectivity index is 1.73. The highest BCUT2D eigenvalue weighted by molar-refractivity contribution is 5.79. The van der Waals surface area contributed by atoms with Gasteiger partial charge in [-0.1, -0.05) is 19.1 Å². The first-order valence-corrected chi connectivity index (χ1v) is 9.42. The molecule has 8 heteroatoms. The number of aliphatic imine (C=N–C) groups is 1. The molecule has 0 atom stereocenters. The Bertz CT molecular complexity index is 599. The van der Waals surface area contributed by atoms with Gasteiger partial charge in [-0.2, -0.15) is 13.2 Å². The second-order valence-corrected chi connectivity index (χ2v) is 6.60. The number of benzene rings is 1. The molecule has 2 rings (SSSR count). The number of alkyl halides is 3. The number of likely N-dealkylation sites (tertiary alicyclic amines) is 1. The molecule has 0 bridgehead atoms. The Labute approximate surface area is 159 Å². The molecule has 2 N–H and O–H groups in total. The quantitative estimate of drug-likeness (QED) is 0.430. The van der Waals surface area contributed by atoms with Crippen LogP contribution >= 0.6 is 0 Å². The zero-order valence-electron chi connectivity index (χ0n) is 16.0. The highest BCUT2D eigenvalue weighted by atomic mass is 19.4. The van der Waals surface area contributed by atoms with Crippen LogP contribution in [0.1, 0.15) is 31.7 Å². The van der Waals surface area contributed by atoms with Crippen LogP contribution in [0.15, 0.2) is 29.3 Å². The van der Waals surface area contributed by atoms with Crippen LogP contribution in [0.3, 0.4) is 0 Å². The highest BCUT2D eigenvalue weighted by Crippen LogP contribution is 2.35. The zero-order chi connectivity index (χ0) is 19.7. The lowest BCUT2D eigenvalue weighted by atomic mass is 10.1. The van der Waals surface area contributed by atoms with E-state index in [0.717, 1.165) is 38.5 Å². The molecule has 1 saturated heterocycles. The van der Waals surface area contributed by atoms with Crippen LogP contribution in [0.2, 0.25) is 0 Å². The van der Waals surface area contributed by atoms with E-state index in [4.69, 9.17) is 4.74 Å². The van der Waals surface area contributed by atoms with Crippen molar-refractivity contribution < 1.29 is 17.9 Å². The lowest BCUT2D eigenvalue weighted by Gasteiger charge is -2.32. The molecule has 1 aliphatic rings. The molecule has 27 heavy (non-hydrogen) atoms. The minimum Gasteiger partial charge on any atom is -0.491 e. The predicted octanol–water partition coefficient (Wildman–Crippen LogP) is 3.12. The monoisotopic (exact) mass is 386 g/mol. The van der Waals surface area contributed by atoms with E-state index in [1.54, 1.807) is 7.05 Å². The van der Waals surface area contributed by atoms with Crippen LogP contribution in [0, 0.1) is 0 Å². The lowest BCUT2D eigenvalue weighted by molar-refractivity contribution is -0.138. The number of para-hydroxylation sites is 1. The first-order valence-electron chi connectivity index (χ1n) is 9.42. The van der Waals surface area contributed by atoms with E-state index >= 15 is 0 Å². The Morgan fingerprint density at radius 1 is 1.26 bits per heavy atom. The number of ether oxygens (including phenoxy) is 1. The van der Waals surface area contributed by atoms with E-state index in [-0.39, 0.29) is 12.4 Å². The van der Waals surface area contributed by atoms with Crippen molar-refractivity contribution in [2.24, 2.45) is 4.99 Å². The van der Waals surface area contributed by atoms with E-state index in [1.165, 1.54) is 24.6 Å². The van der Waals surface area contributed by atoms with E-state index in [0.29, 0.717) is 18.5 Å². The number of halogens is 3. The van der Waals surface area contributed by atoms with Crippen molar-refractivity contribution in [2.75, 3.05) is 39.8 Å². The van der Waals surface area contributed by atoms with Gasteiger partial charge in [-0.15, -0.1) is 0 Å². The van der Waals surface area contributed by atoms with Gasteiger partial charge in [0.2, 0.25) is 0 Å². The van der Waals surface area contributed by atoms with Crippen LogP contribution in [0.5, 0.6) is 5.75 Å². The molecule has 1 aromatic carbocycles. The molecule has 0 aliphatic carbocycles. The normalized spacial score (nSPS) is 17.0. The summed E-state index contributed by atoms with van der Waals surface area (Å²) < 4.78 is 44.2. The molecule has 5 nitrogen and oxygen atoms in total. The van der Waals surface area contributed by atoms with E-state index in [2.05, 4.69) is 27.4 Å². The lowest BCUT2D eigenvalue weighted by Crippen LogP contribution is -2.49. The number of guanidine groups is 1. The molecule has 0 unspecified atom stereocenters. The molecule has 1 aromatic rings. The molecule has 0 saturated carbocycles. The summed E-state index contributed by atoms with van der Waals surface area (Å²) in [5, 5.41) is 6.48. The van der Waals surface area contributed by atoms with Crippen molar-refractivity contribution in [2.45, 2.75) is 38.4 Å². The predicted molar refractivity (Wildman–Crippen MR) is 101 cm³/mol. The van der Waals surface area contributed by atoms with Crippen molar-refractivity contribution in [1.29, 1.82) is 0 Å². The summed E-state index contributed by atoms with van der Waals surface area (Å²) in [5.41, 5.74) is -0.758. The zero-order valence-corrected chi connectivity index (χ0v) is 16.0. The molecule has 152 valence electrons. The molecule has 0 aromatic heterocycles. The number of rotatable bonds is 7. The smallest absolute Gasteiger partial charge is 0.419 e. The molecule has 1 fully saturated rings. The fourth-order valence-corrected chi connectivity index (χ4v) is 3.16. The van der Waals surface area contributed by atoms with Gasteiger partial charge >= 0.3 is 6.18 Å². The summed E-state index contributed by atoms with van der Waals surface area (Å²) in [5.74, 6) is 0.495. The van der Waals surface area contributed by atoms with Gasteiger partial charge in [-0.25, -0.2) is 0 Å². The second-order valence-electron chi connectivity index (χ2n) is 6.60. The molecule has 0 spiro atoms. The fraction of sp³-hybridized carbons (Fsp3) is 0.632. The van der Waals surface area contributed by atoms with Crippen LogP contribution in [-0.2, 0) is 6.18 Å². The number of nitrogens with one attached hydrogen (secondary N) is 2. The average molecular weight is 386 g/mol. The SMILES string of the molecule is CCCN1CCC(NC(=NC)NCCOc2ccccc2C(F)(F)F)CC1. The van der Waals surface area contributed by atoms with Gasteiger partial charge in [0.15, 0.2) is 5.96 Å². The van der Waals surface area contributed by atoms with Crippen molar-refractivity contribution in [3.8, 4) is 5.75 Å². The Morgan fingerprint density at radius 2 is 1.96 bits per heavy atom. The first kappa shape index (κ1) is 21.3. The highest BCUT2D eigenvalue weighted by Gasteiger charge is 2.33. The third kappa shape index (κ3) is 6.93. The maximum Gasteiger partial charge on any atom is 0.419 e. The summed E-state index contributed by atoms with van der Waals surface area (Å²) in [6, 6.07) is 5.60. The third-order valence-corrected chi connectivity index (χ3v) is 4.54. The van der Waals surface area contributed by atoms with Crippen molar-refractivity contribution >= 4 is 5.96 Å². The number of hydrogen-bond donors (Lipinski definition) is 2. The van der Waals surface area contributed by atoms with E-state index in [1.807, 2.05) is 0 Å². The minimum atomic E-state index is -4.42. The molecule has 0 radical (unpaired) electrons. The van der Waals surface area contributed by atoms with Gasteiger partial charge in [-0.05, 0) is 37.9 Å². The van der Waals surface area contributed by atoms with Crippen molar-refractivity contribution in [3.05, 3.63) is 29.8 Å². The van der Waals surface area contributed by atoms with Crippen molar-refractivity contribution in [1.82, 2.24) is 15.5 Å². The van der Waals surface area contributed by atoms with Crippen LogP contribution in [0.25, 0.3) is 0 Å². The summed E-state index contributed by atoms with van der Waals surface area (Å²) in [7, 11) is 1.68. The summed E-state index contributed by atoms with van der Waals surface area (Å²) in [4.78, 5) is 6.64. The number of piperidine rings is 1. The van der Waals surface area contributed by atoms with Gasteiger partial charge in [-0.3, -0.25) is 4.99 Å². The molecule has 1 heterocycles. The van der Waals surface area contributed by atoms with Gasteiger partial charge in [0.25, 0.3) is 0 Å². The Hall–Kier alpha value is -1.96. The van der Waals surface area contributed by atoms with E-state index < -0.39 is 11.7 Å². The third-order valence-electron chi connectivity index (χ3n) is 4.54. The second kappa shape index (κ2) is 10.4. The summed E-state index contributed by atoms with van der Waals surface area (Å²) in [6.45, 7) is 5.94. The number of nitrogens with zero attached hydrogens (tertiary/aromatic N) is 2. The topological polar surface area (TPSA) is 48.9 Å². The maximum atomic E-state index is 12.9. The fourth-order valence-electron chi connectivity index (χ4n) is 3.16.